The van der Waals surface area contributed by atoms with Gasteiger partial charge < -0.3 is 64.0 Å². The van der Waals surface area contributed by atoms with Gasteiger partial charge in [-0.2, -0.15) is 0 Å². The van der Waals surface area contributed by atoms with Gasteiger partial charge in [-0.3, -0.25) is 14.4 Å². The maximum atomic E-state index is 14.5. The van der Waals surface area contributed by atoms with E-state index in [1.54, 1.807) is 42.5 Å². The number of likely N-dealkylation sites (tertiary alicyclic amines) is 2. The highest BCUT2D eigenvalue weighted by molar-refractivity contribution is 6.42. The Morgan fingerprint density at radius 2 is 1.12 bits per heavy atom. The largest absolute Gasteiger partial charge is 0.486 e. The fraction of sp³-hybridized carbons (Fsp3) is 0.333. The molecule has 6 heterocycles. The van der Waals surface area contributed by atoms with E-state index in [9.17, 15) is 38.2 Å². The number of nitrogens with one attached hydrogen (secondary N) is 1. The van der Waals surface area contributed by atoms with Gasteiger partial charge in [0, 0.05) is 41.4 Å². The van der Waals surface area contributed by atoms with Crippen LogP contribution >= 0.6 is 23.2 Å². The summed E-state index contributed by atoms with van der Waals surface area (Å²) in [6, 6.07) is 16.6. The average Bonchev–Trinajstić information content (AvgIpc) is 3.94. The summed E-state index contributed by atoms with van der Waals surface area (Å²) in [5, 5.41) is 34.6. The second-order valence-corrected chi connectivity index (χ2v) is 17.4. The number of fused-ring (bicyclic) bond motifs is 4. The molecular weight excluding hydrogens is 949 g/mol. The molecule has 1 amide bonds. The van der Waals surface area contributed by atoms with E-state index in [0.29, 0.717) is 63.1 Å². The zero-order valence-electron chi connectivity index (χ0n) is 36.6. The molecule has 366 valence electrons. The molecule has 0 radical (unpaired) electrons. The average molecular weight is 998 g/mol. The van der Waals surface area contributed by atoms with Gasteiger partial charge in [-0.15, -0.1) is 0 Å². The van der Waals surface area contributed by atoms with Gasteiger partial charge in [-0.25, -0.2) is 13.6 Å². The minimum atomic E-state index is -1.54. The standard InChI is InChI=1S/C24H22ClFN2O6.C14H19FN2O3.C10H5ClO4.H2/c25-15-2-3-18-13(8-15)10-19(34-18)22(30)24(31)27-17(12-28-4-1-5-28)21(29)14-9-16(26)23-20(11-14)32-6-7-33-23;15-10-6-9(7-12-14(10)20-5-4-19-12)13(18)11(16)8-17-2-1-3-17;11-6-1-2-7-5(3-6)4-8(15-7)9(12)10(13)14;/h2-3,8-11,17,21,29H,1,4-7,12H2,(H,27,31);6-7,11,13,18H,1-5,8,16H2;1-4H,(H,13,14);1H/t17?,21-;11-,13-;;/m11../s1. The van der Waals surface area contributed by atoms with Crippen LogP contribution < -0.4 is 30.0 Å². The van der Waals surface area contributed by atoms with Crippen LogP contribution in [-0.4, -0.2) is 126 Å². The van der Waals surface area contributed by atoms with Gasteiger partial charge in [0.1, 0.15) is 43.7 Å². The molecule has 6 aromatic rings. The Balaban J connectivity index is 0.000000170. The lowest BCUT2D eigenvalue weighted by molar-refractivity contribution is -0.132. The van der Waals surface area contributed by atoms with E-state index in [1.165, 1.54) is 30.7 Å². The number of amides is 1. The SMILES string of the molecule is N[C@H](CN1CCC1)[C@H](O)c1cc(F)c2c(c1)OCCO2.O=C(NC(CN1CCC1)[C@H](O)c1cc(F)c2c(c1)OCCO2)C(=O)c1cc2cc(Cl)ccc2o1.O=C(O)C(=O)c1cc2cc(Cl)ccc2o1.[HH]. The van der Waals surface area contributed by atoms with E-state index in [2.05, 4.69) is 10.2 Å². The van der Waals surface area contributed by atoms with E-state index >= 15 is 0 Å². The molecule has 2 saturated heterocycles. The quantitative estimate of drug-likeness (QED) is 0.0625. The summed E-state index contributed by atoms with van der Waals surface area (Å²) in [5.41, 5.74) is 7.49. The number of Topliss-reactive ketones (excluding diaryl/α,β-unsaturated/α-hetero) is 2. The lowest BCUT2D eigenvalue weighted by Gasteiger charge is -2.36. The minimum absolute atomic E-state index is 0. The fourth-order valence-electron chi connectivity index (χ4n) is 7.82. The van der Waals surface area contributed by atoms with Crippen molar-refractivity contribution in [1.82, 2.24) is 15.1 Å². The first-order chi connectivity index (χ1) is 33.1. The number of hydrogen-bond donors (Lipinski definition) is 5. The third-order valence-electron chi connectivity index (χ3n) is 11.7. The number of nitrogens with two attached hydrogens (primary N) is 1. The van der Waals surface area contributed by atoms with Crippen LogP contribution in [0.15, 0.2) is 81.6 Å². The van der Waals surface area contributed by atoms with Crippen LogP contribution in [0.5, 0.6) is 23.0 Å². The number of rotatable bonds is 13. The molecule has 0 aliphatic carbocycles. The van der Waals surface area contributed by atoms with Crippen LogP contribution in [0.25, 0.3) is 21.9 Å². The van der Waals surface area contributed by atoms with Gasteiger partial charge in [0.05, 0.1) is 12.1 Å². The number of carboxylic acids is 1. The van der Waals surface area contributed by atoms with Crippen molar-refractivity contribution in [3.63, 3.8) is 0 Å². The summed E-state index contributed by atoms with van der Waals surface area (Å²) < 4.78 is 60.4. The summed E-state index contributed by atoms with van der Waals surface area (Å²) in [5.74, 6) is -5.33. The second kappa shape index (κ2) is 21.5. The summed E-state index contributed by atoms with van der Waals surface area (Å²) >= 11 is 11.7. The molecule has 6 N–H and O–H groups in total. The predicted molar refractivity (Wildman–Crippen MR) is 248 cm³/mol. The van der Waals surface area contributed by atoms with Crippen LogP contribution in [0.3, 0.4) is 0 Å². The number of nitrogens with zero attached hydrogens (tertiary/aromatic N) is 2. The van der Waals surface area contributed by atoms with Crippen molar-refractivity contribution in [3.05, 3.63) is 117 Å². The number of furan rings is 2. The van der Waals surface area contributed by atoms with Crippen molar-refractivity contribution in [1.29, 1.82) is 0 Å². The molecule has 2 fully saturated rings. The van der Waals surface area contributed by atoms with E-state index < -0.39 is 59.4 Å². The molecule has 0 bridgehead atoms. The van der Waals surface area contributed by atoms with Gasteiger partial charge in [-0.05, 0) is 123 Å². The monoisotopic (exact) mass is 996 g/mol. The Kier molecular flexibility index (Phi) is 15.3. The molecule has 69 heavy (non-hydrogen) atoms. The van der Waals surface area contributed by atoms with Crippen LogP contribution in [0, 0.1) is 11.6 Å². The third-order valence-corrected chi connectivity index (χ3v) is 12.1. The zero-order valence-corrected chi connectivity index (χ0v) is 38.1. The molecule has 4 aromatic carbocycles. The van der Waals surface area contributed by atoms with E-state index in [4.69, 9.17) is 61.8 Å². The number of ketones is 2. The number of ether oxygens (including phenoxy) is 4. The van der Waals surface area contributed by atoms with Crippen LogP contribution in [0.1, 0.15) is 58.7 Å². The first-order valence-electron chi connectivity index (χ1n) is 21.9. The van der Waals surface area contributed by atoms with Crippen LogP contribution in [0.2, 0.25) is 10.0 Å². The van der Waals surface area contributed by atoms with Crippen molar-refractivity contribution in [2.45, 2.75) is 37.1 Å². The number of aliphatic hydroxyl groups excluding tert-OH is 2. The number of carbonyl (C=O) groups excluding carboxylic acids is 3. The third kappa shape index (κ3) is 11.6. The molecular formula is C48H48Cl2F2N4O13. The van der Waals surface area contributed by atoms with Gasteiger partial charge in [0.2, 0.25) is 0 Å². The lowest BCUT2D eigenvalue weighted by atomic mass is 9.99. The van der Waals surface area contributed by atoms with E-state index in [-0.39, 0.29) is 55.5 Å². The highest BCUT2D eigenvalue weighted by Crippen LogP contribution is 2.38. The Morgan fingerprint density at radius 3 is 1.59 bits per heavy atom. The number of halogens is 4. The Bertz CT molecular complexity index is 2890. The molecule has 1 unspecified atom stereocenters. The molecule has 17 nitrogen and oxygen atoms in total. The summed E-state index contributed by atoms with van der Waals surface area (Å²) in [6.07, 6.45) is -0.0461. The molecule has 4 aliphatic rings. The predicted octanol–water partition coefficient (Wildman–Crippen LogP) is 6.37. The fourth-order valence-corrected chi connectivity index (χ4v) is 8.18. The maximum absolute atomic E-state index is 14.5. The first-order valence-corrected chi connectivity index (χ1v) is 22.6. The molecule has 0 spiro atoms. The maximum Gasteiger partial charge on any atom is 0.380 e. The van der Waals surface area contributed by atoms with Crippen molar-refractivity contribution < 1.29 is 72.5 Å². The Labute approximate surface area is 403 Å². The molecule has 21 heteroatoms. The molecule has 0 saturated carbocycles. The number of hydrogen-bond acceptors (Lipinski definition) is 15. The zero-order chi connectivity index (χ0) is 48.9. The van der Waals surface area contributed by atoms with Crippen LogP contribution in [0.4, 0.5) is 8.78 Å². The number of aliphatic carboxylic acids is 1. The van der Waals surface area contributed by atoms with Gasteiger partial charge in [0.15, 0.2) is 46.2 Å². The van der Waals surface area contributed by atoms with Crippen molar-refractivity contribution in [2.75, 3.05) is 65.7 Å². The molecule has 4 aliphatic heterocycles. The second-order valence-electron chi connectivity index (χ2n) is 16.5. The van der Waals surface area contributed by atoms with E-state index in [1.807, 2.05) is 4.90 Å². The number of carboxylic acid groups (broad SMARTS) is 1. The lowest BCUT2D eigenvalue weighted by Crippen LogP contribution is -2.52. The first kappa shape index (κ1) is 49.1. The molecule has 10 rings (SSSR count). The minimum Gasteiger partial charge on any atom is -0.486 e. The van der Waals surface area contributed by atoms with Crippen LogP contribution in [-0.2, 0) is 9.59 Å². The van der Waals surface area contributed by atoms with Crippen molar-refractivity contribution >= 4 is 68.6 Å². The van der Waals surface area contributed by atoms with Crippen molar-refractivity contribution in [3.8, 4) is 23.0 Å². The van der Waals surface area contributed by atoms with Crippen molar-refractivity contribution in [2.24, 2.45) is 5.73 Å². The highest BCUT2D eigenvalue weighted by Gasteiger charge is 2.33. The number of aliphatic hydroxyl groups is 2. The Morgan fingerprint density at radius 1 is 0.652 bits per heavy atom. The molecule has 4 atom stereocenters. The molecule has 2 aromatic heterocycles. The Hall–Kier alpha value is -6.32. The van der Waals surface area contributed by atoms with Gasteiger partial charge in [0.25, 0.3) is 11.7 Å². The topological polar surface area (TPSA) is 237 Å². The number of carbonyl (C=O) groups is 4. The summed E-state index contributed by atoms with van der Waals surface area (Å²) in [7, 11) is 0. The summed E-state index contributed by atoms with van der Waals surface area (Å²) in [4.78, 5) is 51.3. The highest BCUT2D eigenvalue weighted by atomic mass is 35.5. The normalized spacial score (nSPS) is 16.9. The van der Waals surface area contributed by atoms with Gasteiger partial charge >= 0.3 is 11.8 Å². The smallest absolute Gasteiger partial charge is 0.380 e. The van der Waals surface area contributed by atoms with E-state index in [0.717, 1.165) is 38.7 Å². The summed E-state index contributed by atoms with van der Waals surface area (Å²) in [6.45, 7) is 5.72. The number of benzene rings is 4. The van der Waals surface area contributed by atoms with Gasteiger partial charge in [-0.1, -0.05) is 23.2 Å².